The Morgan fingerprint density at radius 3 is 2.29 bits per heavy atom. The zero-order valence-corrected chi connectivity index (χ0v) is 10.5. The monoisotopic (exact) mass is 232 g/mol. The summed E-state index contributed by atoms with van der Waals surface area (Å²) in [6.45, 7) is 5.51. The molecular formula is C12H16N4O. The maximum Gasteiger partial charge on any atom is 0.180 e. The molecule has 0 spiro atoms. The third-order valence-electron chi connectivity index (χ3n) is 2.04. The lowest BCUT2D eigenvalue weighted by molar-refractivity contribution is 0.100. The van der Waals surface area contributed by atoms with Gasteiger partial charge in [-0.25, -0.2) is 9.97 Å². The smallest absolute Gasteiger partial charge is 0.180 e. The summed E-state index contributed by atoms with van der Waals surface area (Å²) in [5.74, 6) is 0.507. The van der Waals surface area contributed by atoms with Crippen molar-refractivity contribution in [3.63, 3.8) is 0 Å². The van der Waals surface area contributed by atoms with Gasteiger partial charge in [0.15, 0.2) is 11.6 Å². The van der Waals surface area contributed by atoms with E-state index in [4.69, 9.17) is 0 Å². The highest BCUT2D eigenvalue weighted by molar-refractivity contribution is 5.93. The fourth-order valence-corrected chi connectivity index (χ4v) is 1.34. The predicted molar refractivity (Wildman–Crippen MR) is 65.6 cm³/mol. The van der Waals surface area contributed by atoms with Crippen LogP contribution in [0.4, 0.5) is 0 Å². The largest absolute Gasteiger partial charge is 0.293 e. The molecule has 2 heterocycles. The van der Waals surface area contributed by atoms with Crippen LogP contribution in [0.3, 0.4) is 0 Å². The molecule has 2 rings (SSSR count). The summed E-state index contributed by atoms with van der Waals surface area (Å²) in [7, 11) is 1.73. The predicted octanol–water partition coefficient (Wildman–Crippen LogP) is 2.11. The third kappa shape index (κ3) is 2.96. The van der Waals surface area contributed by atoms with Crippen LogP contribution in [-0.2, 0) is 7.05 Å². The molecular weight excluding hydrogens is 216 g/mol. The molecule has 2 aromatic rings. The van der Waals surface area contributed by atoms with E-state index in [1.807, 2.05) is 13.8 Å². The average molecular weight is 232 g/mol. The van der Waals surface area contributed by atoms with Gasteiger partial charge in [0.2, 0.25) is 0 Å². The van der Waals surface area contributed by atoms with Gasteiger partial charge in [-0.3, -0.25) is 9.48 Å². The molecule has 0 fully saturated rings. The first-order valence-electron chi connectivity index (χ1n) is 5.51. The minimum Gasteiger partial charge on any atom is -0.293 e. The highest BCUT2D eigenvalue weighted by Crippen LogP contribution is 2.13. The first-order chi connectivity index (χ1) is 8.18. The Labute approximate surface area is 101 Å². The Hall–Kier alpha value is -2.04. The molecule has 0 N–H and O–H groups in total. The van der Waals surface area contributed by atoms with Crippen LogP contribution in [0, 0.1) is 0 Å². The molecule has 5 heteroatoms. The van der Waals surface area contributed by atoms with E-state index in [1.165, 1.54) is 11.6 Å². The Morgan fingerprint density at radius 1 is 1.24 bits per heavy atom. The lowest BCUT2D eigenvalue weighted by atomic mass is 10.3. The number of aryl methyl sites for hydroxylation is 1. The second-order valence-corrected chi connectivity index (χ2v) is 3.17. The molecule has 5 nitrogen and oxygen atoms in total. The molecule has 0 radical (unpaired) electrons. The van der Waals surface area contributed by atoms with Crippen LogP contribution < -0.4 is 0 Å². The van der Waals surface area contributed by atoms with Gasteiger partial charge >= 0.3 is 0 Å². The van der Waals surface area contributed by atoms with E-state index in [-0.39, 0.29) is 5.78 Å². The number of hydrogen-bond donors (Lipinski definition) is 0. The number of ketones is 1. The van der Waals surface area contributed by atoms with Crippen LogP contribution >= 0.6 is 0 Å². The van der Waals surface area contributed by atoms with Crippen molar-refractivity contribution in [2.45, 2.75) is 20.8 Å². The summed E-state index contributed by atoms with van der Waals surface area (Å²) in [5, 5.41) is 4.17. The molecule has 0 amide bonds. The summed E-state index contributed by atoms with van der Waals surface area (Å²) in [4.78, 5) is 19.3. The van der Waals surface area contributed by atoms with E-state index in [0.29, 0.717) is 17.2 Å². The van der Waals surface area contributed by atoms with Gasteiger partial charge in [-0.2, -0.15) is 5.10 Å². The molecule has 0 bridgehead atoms. The van der Waals surface area contributed by atoms with Gasteiger partial charge in [-0.15, -0.1) is 0 Å². The minimum atomic E-state index is -0.0211. The highest BCUT2D eigenvalue weighted by Gasteiger charge is 2.11. The summed E-state index contributed by atoms with van der Waals surface area (Å²) in [6, 6.07) is 3.43. The molecule has 0 unspecified atom stereocenters. The summed E-state index contributed by atoms with van der Waals surface area (Å²) in [6.07, 6.45) is 3.29. The first-order valence-corrected chi connectivity index (χ1v) is 5.51. The molecule has 2 aromatic heterocycles. The van der Waals surface area contributed by atoms with Gasteiger partial charge in [-0.05, 0) is 12.1 Å². The molecule has 0 aliphatic heterocycles. The van der Waals surface area contributed by atoms with E-state index in [2.05, 4.69) is 15.1 Å². The van der Waals surface area contributed by atoms with E-state index >= 15 is 0 Å². The van der Waals surface area contributed by atoms with Gasteiger partial charge in [0, 0.05) is 26.4 Å². The summed E-state index contributed by atoms with van der Waals surface area (Å²) >= 11 is 0. The number of rotatable bonds is 2. The van der Waals surface area contributed by atoms with Crippen LogP contribution in [0.15, 0.2) is 24.5 Å². The van der Waals surface area contributed by atoms with Crippen LogP contribution in [0.5, 0.6) is 0 Å². The summed E-state index contributed by atoms with van der Waals surface area (Å²) in [5.41, 5.74) is 1.17. The van der Waals surface area contributed by atoms with E-state index in [0.717, 1.165) is 0 Å². The lowest BCUT2D eigenvalue weighted by Crippen LogP contribution is -2.02. The maximum absolute atomic E-state index is 11.2. The van der Waals surface area contributed by atoms with Crippen molar-refractivity contribution < 1.29 is 4.79 Å². The summed E-state index contributed by atoms with van der Waals surface area (Å²) < 4.78 is 1.54. The van der Waals surface area contributed by atoms with Crippen molar-refractivity contribution in [3.8, 4) is 11.5 Å². The van der Waals surface area contributed by atoms with Gasteiger partial charge in [0.05, 0.1) is 0 Å². The number of nitrogens with zero attached hydrogens (tertiary/aromatic N) is 4. The molecule has 0 atom stereocenters. The molecule has 0 aromatic carbocycles. The topological polar surface area (TPSA) is 60.7 Å². The van der Waals surface area contributed by atoms with Gasteiger partial charge in [-0.1, -0.05) is 13.8 Å². The van der Waals surface area contributed by atoms with Crippen molar-refractivity contribution in [2.75, 3.05) is 0 Å². The van der Waals surface area contributed by atoms with Crippen LogP contribution in [0.1, 0.15) is 31.3 Å². The zero-order valence-electron chi connectivity index (χ0n) is 10.5. The van der Waals surface area contributed by atoms with Gasteiger partial charge in [0.25, 0.3) is 0 Å². The fourth-order valence-electron chi connectivity index (χ4n) is 1.34. The number of carbonyl (C=O) groups excluding carboxylic acids is 1. The lowest BCUT2D eigenvalue weighted by Gasteiger charge is -1.92. The van der Waals surface area contributed by atoms with E-state index < -0.39 is 0 Å². The Kier molecular flexibility index (Phi) is 4.51. The second kappa shape index (κ2) is 5.89. The molecule has 0 aliphatic carbocycles. The maximum atomic E-state index is 11.2. The Bertz CT molecular complexity index is 490. The molecule has 0 saturated carbocycles. The number of hydrogen-bond acceptors (Lipinski definition) is 4. The normalized spacial score (nSPS) is 9.41. The Morgan fingerprint density at radius 2 is 1.82 bits per heavy atom. The van der Waals surface area contributed by atoms with Crippen molar-refractivity contribution in [1.82, 2.24) is 19.7 Å². The standard InChI is InChI=1S/C10H10N4O.C2H6/c1-7(15)9-6-8(13-14(9)2)10-11-4-3-5-12-10;1-2/h3-6H,1-2H3;1-2H3. The van der Waals surface area contributed by atoms with Gasteiger partial charge in [0.1, 0.15) is 11.4 Å². The van der Waals surface area contributed by atoms with Gasteiger partial charge < -0.3 is 0 Å². The molecule has 0 aliphatic rings. The van der Waals surface area contributed by atoms with Crippen molar-refractivity contribution in [2.24, 2.45) is 7.05 Å². The number of aromatic nitrogens is 4. The number of Topliss-reactive ketones (excluding diaryl/α,β-unsaturated/α-hetero) is 1. The van der Waals surface area contributed by atoms with Crippen molar-refractivity contribution in [3.05, 3.63) is 30.2 Å². The zero-order chi connectivity index (χ0) is 12.8. The first kappa shape index (κ1) is 13.0. The average Bonchev–Trinajstić information content (AvgIpc) is 2.75. The van der Waals surface area contributed by atoms with Crippen LogP contribution in [-0.4, -0.2) is 25.5 Å². The van der Waals surface area contributed by atoms with Crippen LogP contribution in [0.25, 0.3) is 11.5 Å². The fraction of sp³-hybridized carbons (Fsp3) is 0.333. The quantitative estimate of drug-likeness (QED) is 0.744. The highest BCUT2D eigenvalue weighted by atomic mass is 16.1. The van der Waals surface area contributed by atoms with E-state index in [9.17, 15) is 4.79 Å². The minimum absolute atomic E-state index is 0.0211. The molecule has 17 heavy (non-hydrogen) atoms. The number of carbonyl (C=O) groups is 1. The van der Waals surface area contributed by atoms with Crippen molar-refractivity contribution in [1.29, 1.82) is 0 Å². The molecule has 90 valence electrons. The van der Waals surface area contributed by atoms with Crippen molar-refractivity contribution >= 4 is 5.78 Å². The SMILES string of the molecule is CC.CC(=O)c1cc(-c2ncccn2)nn1C. The van der Waals surface area contributed by atoms with Crippen LogP contribution in [0.2, 0.25) is 0 Å². The second-order valence-electron chi connectivity index (χ2n) is 3.17. The van der Waals surface area contributed by atoms with E-state index in [1.54, 1.807) is 31.6 Å². The Balaban J connectivity index is 0.000000686. The third-order valence-corrected chi connectivity index (χ3v) is 2.04. The molecule has 0 saturated heterocycles.